The highest BCUT2D eigenvalue weighted by molar-refractivity contribution is 7.90. The van der Waals surface area contributed by atoms with Crippen LogP contribution in [0.4, 0.5) is 4.79 Å². The number of alkyl carbamates (subject to hydrolysis) is 1. The van der Waals surface area contributed by atoms with E-state index in [1.807, 2.05) is 32.1 Å². The van der Waals surface area contributed by atoms with Gasteiger partial charge in [0.25, 0.3) is 10.0 Å². The van der Waals surface area contributed by atoms with E-state index in [1.54, 1.807) is 42.7 Å². The normalized spacial score (nSPS) is 23.7. The minimum absolute atomic E-state index is 0.205. The van der Waals surface area contributed by atoms with Gasteiger partial charge in [-0.25, -0.2) is 22.2 Å². The predicted octanol–water partition coefficient (Wildman–Crippen LogP) is 4.49. The maximum Gasteiger partial charge on any atom is 0.408 e. The summed E-state index contributed by atoms with van der Waals surface area (Å²) in [6.07, 6.45) is 7.74. The first-order chi connectivity index (χ1) is 17.9. The second-order valence-corrected chi connectivity index (χ2v) is 13.6. The van der Waals surface area contributed by atoms with Crippen molar-refractivity contribution in [3.63, 3.8) is 0 Å². The fraction of sp³-hybridized carbons (Fsp3) is 0.481. The molecular formula is C27H32N6O4S. The summed E-state index contributed by atoms with van der Waals surface area (Å²) in [6.45, 7) is 7.51. The number of rotatable bonds is 4. The molecule has 4 aromatic rings. The maximum absolute atomic E-state index is 13.5. The van der Waals surface area contributed by atoms with E-state index in [1.165, 1.54) is 3.97 Å². The molecule has 0 saturated heterocycles. The lowest BCUT2D eigenvalue weighted by Crippen LogP contribution is -2.58. The summed E-state index contributed by atoms with van der Waals surface area (Å²) >= 11 is 0. The van der Waals surface area contributed by atoms with Gasteiger partial charge < -0.3 is 10.1 Å². The zero-order chi connectivity index (χ0) is 26.9. The van der Waals surface area contributed by atoms with Crippen molar-refractivity contribution >= 4 is 32.9 Å². The first-order valence-electron chi connectivity index (χ1n) is 13.0. The molecule has 1 aromatic carbocycles. The summed E-state index contributed by atoms with van der Waals surface area (Å²) in [6, 6.07) is 8.56. The van der Waals surface area contributed by atoms with Gasteiger partial charge in [0.2, 0.25) is 0 Å². The maximum atomic E-state index is 13.5. The van der Waals surface area contributed by atoms with E-state index in [4.69, 9.17) is 4.74 Å². The summed E-state index contributed by atoms with van der Waals surface area (Å²) < 4.78 is 35.6. The van der Waals surface area contributed by atoms with Gasteiger partial charge in [0, 0.05) is 17.2 Å². The molecule has 1 N–H and O–H groups in total. The number of amides is 1. The molecule has 3 aliphatic carbocycles. The molecule has 0 unspecified atom stereocenters. The smallest absolute Gasteiger partial charge is 0.408 e. The van der Waals surface area contributed by atoms with Crippen LogP contribution in [0.5, 0.6) is 0 Å². The Bertz CT molecular complexity index is 1640. The van der Waals surface area contributed by atoms with E-state index < -0.39 is 15.6 Å². The van der Waals surface area contributed by atoms with Crippen molar-refractivity contribution in [3.05, 3.63) is 54.1 Å². The fourth-order valence-corrected chi connectivity index (χ4v) is 7.32. The van der Waals surface area contributed by atoms with Crippen LogP contribution in [0, 0.1) is 6.92 Å². The molecule has 0 spiro atoms. The van der Waals surface area contributed by atoms with Crippen molar-refractivity contribution in [2.24, 2.45) is 0 Å². The largest absolute Gasteiger partial charge is 0.444 e. The summed E-state index contributed by atoms with van der Waals surface area (Å²) in [5.41, 5.74) is 1.54. The summed E-state index contributed by atoms with van der Waals surface area (Å²) in [5, 5.41) is 12.2. The van der Waals surface area contributed by atoms with Gasteiger partial charge in [-0.1, -0.05) is 17.7 Å². The molecule has 3 heterocycles. The average molecular weight is 537 g/mol. The standard InChI is InChI=1S/C27H32N6O4S/c1-18-5-7-19(8-6-18)38(35,36)32-16-9-20-22(32)28-17-21-30-31-23(33(20)21)26-10-13-27(14-11-26,15-12-26)29-24(34)37-25(2,3)4/h5-9,16-17H,10-15H2,1-4H3,(H,29,34). The zero-order valence-electron chi connectivity index (χ0n) is 22.1. The second-order valence-electron chi connectivity index (χ2n) is 11.8. The molecule has 0 atom stereocenters. The highest BCUT2D eigenvalue weighted by atomic mass is 32.2. The molecule has 3 fully saturated rings. The van der Waals surface area contributed by atoms with E-state index >= 15 is 0 Å². The predicted molar refractivity (Wildman–Crippen MR) is 142 cm³/mol. The van der Waals surface area contributed by atoms with Crippen LogP contribution in [0.2, 0.25) is 0 Å². The Morgan fingerprint density at radius 3 is 2.29 bits per heavy atom. The van der Waals surface area contributed by atoms with Gasteiger partial charge in [-0.2, -0.15) is 0 Å². The van der Waals surface area contributed by atoms with Gasteiger partial charge in [-0.15, -0.1) is 10.2 Å². The molecule has 3 aliphatic rings. The van der Waals surface area contributed by atoms with E-state index in [0.717, 1.165) is 49.9 Å². The van der Waals surface area contributed by atoms with E-state index in [0.29, 0.717) is 16.8 Å². The zero-order valence-corrected chi connectivity index (χ0v) is 22.9. The molecule has 3 aromatic heterocycles. The topological polar surface area (TPSA) is 120 Å². The summed E-state index contributed by atoms with van der Waals surface area (Å²) in [4.78, 5) is 17.2. The SMILES string of the molecule is Cc1ccc(S(=O)(=O)n2ccc3c2ncc2nnc(C45CCC(NC(=O)OC(C)(C)C)(CC4)CC5)n23)cc1. The van der Waals surface area contributed by atoms with Crippen molar-refractivity contribution in [2.75, 3.05) is 0 Å². The van der Waals surface area contributed by atoms with Gasteiger partial charge in [0.05, 0.1) is 16.6 Å². The van der Waals surface area contributed by atoms with Gasteiger partial charge in [-0.3, -0.25) is 4.40 Å². The number of aromatic nitrogens is 5. The molecule has 0 radical (unpaired) electrons. The highest BCUT2D eigenvalue weighted by Crippen LogP contribution is 2.53. The number of carbonyl (C=O) groups is 1. The Kier molecular flexibility index (Phi) is 5.40. The number of nitrogens with zero attached hydrogens (tertiary/aromatic N) is 5. The Labute approximate surface area is 221 Å². The first-order valence-corrected chi connectivity index (χ1v) is 14.4. The van der Waals surface area contributed by atoms with Gasteiger partial charge in [0.1, 0.15) is 11.4 Å². The third-order valence-electron chi connectivity index (χ3n) is 8.10. The number of hydrogen-bond acceptors (Lipinski definition) is 7. The Morgan fingerprint density at radius 1 is 1.00 bits per heavy atom. The molecule has 11 heteroatoms. The van der Waals surface area contributed by atoms with Crippen molar-refractivity contribution < 1.29 is 17.9 Å². The lowest BCUT2D eigenvalue weighted by atomic mass is 9.57. The van der Waals surface area contributed by atoms with E-state index in [-0.39, 0.29) is 21.9 Å². The van der Waals surface area contributed by atoms with E-state index in [9.17, 15) is 13.2 Å². The minimum atomic E-state index is -3.83. The molecule has 2 bridgehead atoms. The summed E-state index contributed by atoms with van der Waals surface area (Å²) in [7, 11) is -3.83. The number of fused-ring (bicyclic) bond motifs is 6. The number of ether oxygens (including phenoxy) is 1. The van der Waals surface area contributed by atoms with Crippen molar-refractivity contribution in [2.45, 2.75) is 87.7 Å². The highest BCUT2D eigenvalue weighted by Gasteiger charge is 2.52. The molecule has 1 amide bonds. The van der Waals surface area contributed by atoms with Crippen LogP contribution in [0.1, 0.15) is 70.7 Å². The van der Waals surface area contributed by atoms with Crippen LogP contribution in [0.3, 0.4) is 0 Å². The average Bonchev–Trinajstić information content (AvgIpc) is 3.49. The minimum Gasteiger partial charge on any atom is -0.444 e. The molecule has 10 nitrogen and oxygen atoms in total. The monoisotopic (exact) mass is 536 g/mol. The van der Waals surface area contributed by atoms with Crippen LogP contribution in [-0.4, -0.2) is 49.2 Å². The summed E-state index contributed by atoms with van der Waals surface area (Å²) in [5.74, 6) is 0.830. The third kappa shape index (κ3) is 3.95. The molecule has 3 saturated carbocycles. The number of aryl methyl sites for hydroxylation is 1. The van der Waals surface area contributed by atoms with Crippen molar-refractivity contribution in [3.8, 4) is 0 Å². The van der Waals surface area contributed by atoms with Crippen LogP contribution in [0.25, 0.3) is 16.8 Å². The molecule has 0 aliphatic heterocycles. The third-order valence-corrected chi connectivity index (χ3v) is 9.78. The Balaban J connectivity index is 1.34. The van der Waals surface area contributed by atoms with Crippen LogP contribution >= 0.6 is 0 Å². The molecule has 7 rings (SSSR count). The van der Waals surface area contributed by atoms with Gasteiger partial charge >= 0.3 is 6.09 Å². The van der Waals surface area contributed by atoms with Crippen LogP contribution in [-0.2, 0) is 20.2 Å². The number of benzene rings is 1. The first kappa shape index (κ1) is 24.8. The number of carbonyl (C=O) groups excluding carboxylic acids is 1. The quantitative estimate of drug-likeness (QED) is 0.408. The molecule has 38 heavy (non-hydrogen) atoms. The Morgan fingerprint density at radius 2 is 1.66 bits per heavy atom. The van der Waals surface area contributed by atoms with Crippen molar-refractivity contribution in [1.82, 2.24) is 28.9 Å². The lowest BCUT2D eigenvalue weighted by molar-refractivity contribution is 0.0246. The van der Waals surface area contributed by atoms with Gasteiger partial charge in [0.15, 0.2) is 11.3 Å². The second kappa shape index (κ2) is 8.26. The number of nitrogens with one attached hydrogen (secondary N) is 1. The Hall–Kier alpha value is -3.47. The van der Waals surface area contributed by atoms with Crippen LogP contribution < -0.4 is 5.32 Å². The molecule has 200 valence electrons. The van der Waals surface area contributed by atoms with E-state index in [2.05, 4.69) is 20.5 Å². The fourth-order valence-electron chi connectivity index (χ4n) is 6.02. The molecular weight excluding hydrogens is 504 g/mol. The van der Waals surface area contributed by atoms with Crippen molar-refractivity contribution in [1.29, 1.82) is 0 Å². The number of hydrogen-bond donors (Lipinski definition) is 1. The lowest BCUT2D eigenvalue weighted by Gasteiger charge is -2.52. The van der Waals surface area contributed by atoms with Gasteiger partial charge in [-0.05, 0) is 84.4 Å². The van der Waals surface area contributed by atoms with Crippen LogP contribution in [0.15, 0.2) is 47.6 Å².